The van der Waals surface area contributed by atoms with Gasteiger partial charge in [0.05, 0.1) is 5.56 Å². The summed E-state index contributed by atoms with van der Waals surface area (Å²) < 4.78 is 0. The summed E-state index contributed by atoms with van der Waals surface area (Å²) in [6.07, 6.45) is 0.643. The van der Waals surface area contributed by atoms with Crippen molar-refractivity contribution in [3.63, 3.8) is 0 Å². The molecule has 106 valence electrons. The minimum absolute atomic E-state index is 0.0133. The Balaban J connectivity index is 2.13. The van der Waals surface area contributed by atoms with Gasteiger partial charge in [0.25, 0.3) is 5.91 Å². The molecular weight excluding hydrogens is 274 g/mol. The molecule has 1 fully saturated rings. The average Bonchev–Trinajstić information content (AvgIpc) is 2.83. The van der Waals surface area contributed by atoms with Crippen LogP contribution in [0.5, 0.6) is 0 Å². The molecule has 1 atom stereocenters. The van der Waals surface area contributed by atoms with Gasteiger partial charge in [0.1, 0.15) is 16.6 Å². The number of hydrogen-bond donors (Lipinski definition) is 1. The van der Waals surface area contributed by atoms with Crippen LogP contribution in [0.1, 0.15) is 32.8 Å². The van der Waals surface area contributed by atoms with E-state index in [9.17, 15) is 9.59 Å². The Kier molecular flexibility index (Phi) is 3.82. The summed E-state index contributed by atoms with van der Waals surface area (Å²) in [5, 5.41) is 14.0. The van der Waals surface area contributed by atoms with E-state index in [0.717, 1.165) is 0 Å². The molecule has 2 heterocycles. The van der Waals surface area contributed by atoms with Gasteiger partial charge in [-0.1, -0.05) is 13.8 Å². The lowest BCUT2D eigenvalue weighted by atomic mass is 9.84. The van der Waals surface area contributed by atoms with Crippen molar-refractivity contribution < 1.29 is 9.59 Å². The number of carbonyl (C=O) groups excluding carboxylic acids is 2. The van der Waals surface area contributed by atoms with Gasteiger partial charge in [0.15, 0.2) is 0 Å². The summed E-state index contributed by atoms with van der Waals surface area (Å²) >= 11 is 1.31. The monoisotopic (exact) mass is 291 g/mol. The highest BCUT2D eigenvalue weighted by molar-refractivity contribution is 7.14. The van der Waals surface area contributed by atoms with E-state index in [1.54, 1.807) is 23.3 Å². The lowest BCUT2D eigenvalue weighted by Gasteiger charge is -2.49. The molecule has 2 rings (SSSR count). The largest absolute Gasteiger partial charge is 0.328 e. The molecule has 2 amide bonds. The number of hydrogen-bond acceptors (Lipinski definition) is 4. The van der Waals surface area contributed by atoms with Crippen molar-refractivity contribution in [3.05, 3.63) is 17.0 Å². The van der Waals surface area contributed by atoms with Crippen LogP contribution in [0.15, 0.2) is 11.4 Å². The number of amides is 2. The Bertz CT molecular complexity index is 587. The molecule has 1 saturated heterocycles. The molecule has 5 nitrogen and oxygen atoms in total. The molecule has 1 unspecified atom stereocenters. The normalized spacial score (nSPS) is 21.2. The standard InChI is InChI=1S/C14H17N3O2S/c1-9(2)12(18)17-6-5-14(17,3)13(19)16-11-10(8-15)4-7-20-11/h4,7,9H,5-6H2,1-3H3,(H,16,19). The second-order valence-corrected chi connectivity index (χ2v) is 6.31. The second kappa shape index (κ2) is 5.25. The summed E-state index contributed by atoms with van der Waals surface area (Å²) in [4.78, 5) is 26.1. The first-order chi connectivity index (χ1) is 9.40. The number of rotatable bonds is 3. The Morgan fingerprint density at radius 1 is 1.55 bits per heavy atom. The highest BCUT2D eigenvalue weighted by Crippen LogP contribution is 2.34. The van der Waals surface area contributed by atoms with Gasteiger partial charge in [-0.25, -0.2) is 0 Å². The van der Waals surface area contributed by atoms with Crippen LogP contribution in [0.2, 0.25) is 0 Å². The van der Waals surface area contributed by atoms with Crippen molar-refractivity contribution >= 4 is 28.2 Å². The van der Waals surface area contributed by atoms with Gasteiger partial charge in [-0.3, -0.25) is 9.59 Å². The highest BCUT2D eigenvalue weighted by Gasteiger charge is 2.49. The fourth-order valence-corrected chi connectivity index (χ4v) is 2.92. The lowest BCUT2D eigenvalue weighted by molar-refractivity contribution is -0.157. The van der Waals surface area contributed by atoms with Gasteiger partial charge in [-0.2, -0.15) is 5.26 Å². The number of anilines is 1. The van der Waals surface area contributed by atoms with Crippen LogP contribution in [0.3, 0.4) is 0 Å². The van der Waals surface area contributed by atoms with Crippen molar-refractivity contribution in [1.29, 1.82) is 5.26 Å². The first-order valence-corrected chi connectivity index (χ1v) is 7.38. The first kappa shape index (κ1) is 14.5. The molecule has 0 aromatic carbocycles. The third kappa shape index (κ3) is 2.29. The van der Waals surface area contributed by atoms with E-state index in [-0.39, 0.29) is 17.7 Å². The lowest BCUT2D eigenvalue weighted by Crippen LogP contribution is -2.66. The van der Waals surface area contributed by atoms with Crippen LogP contribution in [0, 0.1) is 17.2 Å². The SMILES string of the molecule is CC(C)C(=O)N1CCC1(C)C(=O)Nc1sccc1C#N. The molecule has 0 aliphatic carbocycles. The number of carbonyl (C=O) groups is 2. The summed E-state index contributed by atoms with van der Waals surface area (Å²) in [5.41, 5.74) is -0.356. The van der Waals surface area contributed by atoms with Crippen molar-refractivity contribution in [2.75, 3.05) is 11.9 Å². The van der Waals surface area contributed by atoms with E-state index in [0.29, 0.717) is 23.5 Å². The van der Waals surface area contributed by atoms with E-state index in [1.807, 2.05) is 19.9 Å². The van der Waals surface area contributed by atoms with Crippen molar-refractivity contribution in [2.45, 2.75) is 32.7 Å². The number of thiophene rings is 1. The Morgan fingerprint density at radius 3 is 2.75 bits per heavy atom. The molecule has 0 spiro atoms. The molecule has 0 saturated carbocycles. The average molecular weight is 291 g/mol. The van der Waals surface area contributed by atoms with Crippen LogP contribution < -0.4 is 5.32 Å². The molecule has 0 bridgehead atoms. The van der Waals surface area contributed by atoms with E-state index >= 15 is 0 Å². The number of nitrogens with zero attached hydrogens (tertiary/aromatic N) is 2. The molecule has 6 heteroatoms. The van der Waals surface area contributed by atoms with Crippen LogP contribution >= 0.6 is 11.3 Å². The van der Waals surface area contributed by atoms with Gasteiger partial charge >= 0.3 is 0 Å². The van der Waals surface area contributed by atoms with E-state index in [1.165, 1.54) is 11.3 Å². The second-order valence-electron chi connectivity index (χ2n) is 5.40. The number of likely N-dealkylation sites (tertiary alicyclic amines) is 1. The van der Waals surface area contributed by atoms with E-state index in [2.05, 4.69) is 5.32 Å². The topological polar surface area (TPSA) is 73.2 Å². The number of nitriles is 1. The van der Waals surface area contributed by atoms with Crippen LogP contribution in [0.25, 0.3) is 0 Å². The van der Waals surface area contributed by atoms with Crippen LogP contribution in [-0.2, 0) is 9.59 Å². The Hall–Kier alpha value is -1.87. The maximum atomic E-state index is 12.4. The summed E-state index contributed by atoms with van der Waals surface area (Å²) in [6, 6.07) is 3.70. The van der Waals surface area contributed by atoms with Crippen molar-refractivity contribution in [2.24, 2.45) is 5.92 Å². The zero-order valence-electron chi connectivity index (χ0n) is 11.8. The molecule has 1 N–H and O–H groups in total. The van der Waals surface area contributed by atoms with E-state index < -0.39 is 5.54 Å². The van der Waals surface area contributed by atoms with Crippen LogP contribution in [-0.4, -0.2) is 28.8 Å². The summed E-state index contributed by atoms with van der Waals surface area (Å²) in [7, 11) is 0. The number of nitrogens with one attached hydrogen (secondary N) is 1. The van der Waals surface area contributed by atoms with Gasteiger partial charge in [-0.05, 0) is 24.8 Å². The molecule has 1 aromatic rings. The predicted molar refractivity (Wildman–Crippen MR) is 77.2 cm³/mol. The quantitative estimate of drug-likeness (QED) is 0.928. The maximum absolute atomic E-state index is 12.4. The van der Waals surface area contributed by atoms with Gasteiger partial charge in [0.2, 0.25) is 5.91 Å². The Labute approximate surface area is 122 Å². The summed E-state index contributed by atoms with van der Waals surface area (Å²) in [6.45, 7) is 6.03. The molecule has 1 aliphatic heterocycles. The van der Waals surface area contributed by atoms with Crippen molar-refractivity contribution in [3.8, 4) is 6.07 Å². The minimum Gasteiger partial charge on any atom is -0.328 e. The fraction of sp³-hybridized carbons (Fsp3) is 0.500. The first-order valence-electron chi connectivity index (χ1n) is 6.50. The molecule has 1 aliphatic rings. The zero-order chi connectivity index (χ0) is 14.9. The summed E-state index contributed by atoms with van der Waals surface area (Å²) in [5.74, 6) is -0.365. The van der Waals surface area contributed by atoms with Crippen molar-refractivity contribution in [1.82, 2.24) is 4.90 Å². The van der Waals surface area contributed by atoms with Gasteiger partial charge < -0.3 is 10.2 Å². The molecule has 1 aromatic heterocycles. The maximum Gasteiger partial charge on any atom is 0.250 e. The third-order valence-electron chi connectivity index (χ3n) is 3.68. The zero-order valence-corrected chi connectivity index (χ0v) is 12.6. The van der Waals surface area contributed by atoms with Crippen LogP contribution in [0.4, 0.5) is 5.00 Å². The smallest absolute Gasteiger partial charge is 0.250 e. The Morgan fingerprint density at radius 2 is 2.25 bits per heavy atom. The van der Waals surface area contributed by atoms with E-state index in [4.69, 9.17) is 5.26 Å². The third-order valence-corrected chi connectivity index (χ3v) is 4.51. The highest BCUT2D eigenvalue weighted by atomic mass is 32.1. The van der Waals surface area contributed by atoms with Gasteiger partial charge in [-0.15, -0.1) is 11.3 Å². The molecule has 20 heavy (non-hydrogen) atoms. The minimum atomic E-state index is -0.807. The predicted octanol–water partition coefficient (Wildman–Crippen LogP) is 2.21. The fourth-order valence-electron chi connectivity index (χ4n) is 2.19. The molecular formula is C14H17N3O2S. The van der Waals surface area contributed by atoms with Gasteiger partial charge in [0, 0.05) is 12.5 Å². The molecule has 0 radical (unpaired) electrons.